The molecule has 3 nitrogen and oxygen atoms in total. The van der Waals surface area contributed by atoms with E-state index in [-0.39, 0.29) is 10.8 Å². The summed E-state index contributed by atoms with van der Waals surface area (Å²) in [6.07, 6.45) is 1.80. The third kappa shape index (κ3) is 2.54. The second-order valence-electron chi connectivity index (χ2n) is 4.13. The number of aromatic nitrogens is 2. The molecule has 1 N–H and O–H groups in total. The zero-order chi connectivity index (χ0) is 13.1. The number of hydrogen-bond donors (Lipinski definition) is 1. The predicted octanol–water partition coefficient (Wildman–Crippen LogP) is 2.75. The van der Waals surface area contributed by atoms with Crippen molar-refractivity contribution >= 4 is 11.6 Å². The minimum absolute atomic E-state index is 0.153. The molecular formula is C13H15ClFN3. The van der Waals surface area contributed by atoms with Crippen molar-refractivity contribution in [3.05, 3.63) is 52.3 Å². The van der Waals surface area contributed by atoms with Crippen molar-refractivity contribution in [2.75, 3.05) is 7.05 Å². The van der Waals surface area contributed by atoms with Gasteiger partial charge in [0.1, 0.15) is 11.6 Å². The second-order valence-corrected chi connectivity index (χ2v) is 4.53. The topological polar surface area (TPSA) is 29.9 Å². The van der Waals surface area contributed by atoms with Gasteiger partial charge in [0.25, 0.3) is 0 Å². The molecule has 0 fully saturated rings. The van der Waals surface area contributed by atoms with Gasteiger partial charge in [0, 0.05) is 18.3 Å². The van der Waals surface area contributed by atoms with Crippen LogP contribution in [0, 0.1) is 12.7 Å². The Morgan fingerprint density at radius 1 is 1.44 bits per heavy atom. The minimum Gasteiger partial charge on any atom is -0.326 e. The molecule has 1 aromatic carbocycles. The third-order valence-electron chi connectivity index (χ3n) is 2.86. The van der Waals surface area contributed by atoms with Crippen molar-refractivity contribution in [2.45, 2.75) is 20.0 Å². The zero-order valence-corrected chi connectivity index (χ0v) is 11.1. The SMILES string of the molecule is CNCc1cnc(C)n1Cc1cccc(Cl)c1F. The summed E-state index contributed by atoms with van der Waals surface area (Å²) < 4.78 is 15.8. The van der Waals surface area contributed by atoms with Crippen LogP contribution in [0.5, 0.6) is 0 Å². The molecular weight excluding hydrogens is 253 g/mol. The van der Waals surface area contributed by atoms with Crippen LogP contribution in [0.1, 0.15) is 17.1 Å². The van der Waals surface area contributed by atoms with Gasteiger partial charge in [-0.05, 0) is 20.0 Å². The lowest BCUT2D eigenvalue weighted by molar-refractivity contribution is 0.589. The molecule has 0 amide bonds. The number of benzene rings is 1. The average molecular weight is 268 g/mol. The first-order valence-corrected chi connectivity index (χ1v) is 6.09. The Labute approximate surface area is 111 Å². The van der Waals surface area contributed by atoms with Crippen LogP contribution in [-0.4, -0.2) is 16.6 Å². The van der Waals surface area contributed by atoms with E-state index in [1.54, 1.807) is 24.4 Å². The standard InChI is InChI=1S/C13H15ClFN3/c1-9-17-7-11(6-16-2)18(9)8-10-4-3-5-12(14)13(10)15/h3-5,7,16H,6,8H2,1-2H3. The molecule has 18 heavy (non-hydrogen) atoms. The molecule has 0 saturated carbocycles. The monoisotopic (exact) mass is 267 g/mol. The number of nitrogens with one attached hydrogen (secondary N) is 1. The summed E-state index contributed by atoms with van der Waals surface area (Å²) in [7, 11) is 1.87. The van der Waals surface area contributed by atoms with E-state index in [0.29, 0.717) is 18.7 Å². The number of aryl methyl sites for hydroxylation is 1. The normalized spacial score (nSPS) is 10.9. The Morgan fingerprint density at radius 3 is 2.94 bits per heavy atom. The number of nitrogens with zero attached hydrogens (tertiary/aromatic N) is 2. The van der Waals surface area contributed by atoms with Gasteiger partial charge < -0.3 is 9.88 Å². The number of halogens is 2. The van der Waals surface area contributed by atoms with Crippen LogP contribution < -0.4 is 5.32 Å². The molecule has 0 atom stereocenters. The van der Waals surface area contributed by atoms with Crippen molar-refractivity contribution < 1.29 is 4.39 Å². The largest absolute Gasteiger partial charge is 0.326 e. The first-order valence-electron chi connectivity index (χ1n) is 5.72. The van der Waals surface area contributed by atoms with Crippen LogP contribution in [0.25, 0.3) is 0 Å². The molecule has 1 heterocycles. The van der Waals surface area contributed by atoms with Gasteiger partial charge in [0.2, 0.25) is 0 Å². The Kier molecular flexibility index (Phi) is 3.99. The highest BCUT2D eigenvalue weighted by Gasteiger charge is 2.11. The first kappa shape index (κ1) is 13.1. The quantitative estimate of drug-likeness (QED) is 0.923. The maximum absolute atomic E-state index is 13.9. The number of hydrogen-bond acceptors (Lipinski definition) is 2. The van der Waals surface area contributed by atoms with E-state index in [1.165, 1.54) is 0 Å². The number of rotatable bonds is 4. The second kappa shape index (κ2) is 5.50. The summed E-state index contributed by atoms with van der Waals surface area (Å²) >= 11 is 5.78. The first-order chi connectivity index (χ1) is 8.63. The molecule has 2 aromatic rings. The molecule has 2 rings (SSSR count). The van der Waals surface area contributed by atoms with Gasteiger partial charge in [-0.15, -0.1) is 0 Å². The summed E-state index contributed by atoms with van der Waals surface area (Å²) in [6, 6.07) is 5.05. The minimum atomic E-state index is -0.359. The van der Waals surface area contributed by atoms with Gasteiger partial charge in [-0.1, -0.05) is 23.7 Å². The fraction of sp³-hybridized carbons (Fsp3) is 0.308. The third-order valence-corrected chi connectivity index (χ3v) is 3.15. The molecule has 0 spiro atoms. The summed E-state index contributed by atoms with van der Waals surface area (Å²) in [5, 5.41) is 3.22. The molecule has 0 unspecified atom stereocenters. The molecule has 0 saturated heterocycles. The van der Waals surface area contributed by atoms with Crippen LogP contribution in [0.3, 0.4) is 0 Å². The molecule has 5 heteroatoms. The highest BCUT2D eigenvalue weighted by molar-refractivity contribution is 6.30. The van der Waals surface area contributed by atoms with Crippen LogP contribution in [0.4, 0.5) is 4.39 Å². The van der Waals surface area contributed by atoms with E-state index >= 15 is 0 Å². The van der Waals surface area contributed by atoms with Crippen molar-refractivity contribution in [1.29, 1.82) is 0 Å². The van der Waals surface area contributed by atoms with Crippen molar-refractivity contribution in [3.8, 4) is 0 Å². The predicted molar refractivity (Wildman–Crippen MR) is 70.2 cm³/mol. The van der Waals surface area contributed by atoms with Crippen LogP contribution in [-0.2, 0) is 13.1 Å². The lowest BCUT2D eigenvalue weighted by Crippen LogP contribution is -2.13. The summed E-state index contributed by atoms with van der Waals surface area (Å²) in [6.45, 7) is 3.04. The van der Waals surface area contributed by atoms with Gasteiger partial charge >= 0.3 is 0 Å². The Hall–Kier alpha value is -1.39. The van der Waals surface area contributed by atoms with Crippen molar-refractivity contribution in [2.24, 2.45) is 0 Å². The highest BCUT2D eigenvalue weighted by Crippen LogP contribution is 2.19. The van der Waals surface area contributed by atoms with Crippen LogP contribution in [0.15, 0.2) is 24.4 Å². The van der Waals surface area contributed by atoms with E-state index in [9.17, 15) is 4.39 Å². The van der Waals surface area contributed by atoms with Gasteiger partial charge in [-0.25, -0.2) is 9.37 Å². The smallest absolute Gasteiger partial charge is 0.146 e. The maximum atomic E-state index is 13.9. The summed E-state index contributed by atoms with van der Waals surface area (Å²) in [4.78, 5) is 4.25. The van der Waals surface area contributed by atoms with Gasteiger partial charge in [0.05, 0.1) is 17.3 Å². The summed E-state index contributed by atoms with van der Waals surface area (Å²) in [5.74, 6) is 0.502. The molecule has 0 aliphatic rings. The van der Waals surface area contributed by atoms with Gasteiger partial charge in [-0.2, -0.15) is 0 Å². The Morgan fingerprint density at radius 2 is 2.22 bits per heavy atom. The fourth-order valence-electron chi connectivity index (χ4n) is 1.89. The lowest BCUT2D eigenvalue weighted by Gasteiger charge is -2.11. The Bertz CT molecular complexity index is 551. The summed E-state index contributed by atoms with van der Waals surface area (Å²) in [5.41, 5.74) is 1.59. The van der Waals surface area contributed by atoms with E-state index in [0.717, 1.165) is 11.5 Å². The van der Waals surface area contributed by atoms with E-state index in [1.807, 2.05) is 18.5 Å². The molecule has 1 aromatic heterocycles. The molecule has 0 aliphatic carbocycles. The van der Waals surface area contributed by atoms with Crippen LogP contribution in [0.2, 0.25) is 5.02 Å². The maximum Gasteiger partial charge on any atom is 0.146 e. The van der Waals surface area contributed by atoms with E-state index in [4.69, 9.17) is 11.6 Å². The lowest BCUT2D eigenvalue weighted by atomic mass is 10.2. The van der Waals surface area contributed by atoms with E-state index < -0.39 is 0 Å². The molecule has 0 radical (unpaired) electrons. The average Bonchev–Trinajstić information content (AvgIpc) is 2.68. The molecule has 0 bridgehead atoms. The van der Waals surface area contributed by atoms with Gasteiger partial charge in [-0.3, -0.25) is 0 Å². The molecule has 0 aliphatic heterocycles. The number of imidazole rings is 1. The fourth-order valence-corrected chi connectivity index (χ4v) is 2.09. The highest BCUT2D eigenvalue weighted by atomic mass is 35.5. The Balaban J connectivity index is 2.33. The zero-order valence-electron chi connectivity index (χ0n) is 10.4. The van der Waals surface area contributed by atoms with Crippen molar-refractivity contribution in [1.82, 2.24) is 14.9 Å². The van der Waals surface area contributed by atoms with Crippen molar-refractivity contribution in [3.63, 3.8) is 0 Å². The van der Waals surface area contributed by atoms with E-state index in [2.05, 4.69) is 10.3 Å². The molecule has 96 valence electrons. The van der Waals surface area contributed by atoms with Gasteiger partial charge in [0.15, 0.2) is 0 Å². The van der Waals surface area contributed by atoms with Crippen LogP contribution >= 0.6 is 11.6 Å².